The minimum absolute atomic E-state index is 0.0521. The number of carbonyl (C=O) groups is 1. The lowest BCUT2D eigenvalue weighted by atomic mass is 10.2. The molecule has 7 heteroatoms. The first-order valence-corrected chi connectivity index (χ1v) is 8.45. The Bertz CT molecular complexity index is 598. The summed E-state index contributed by atoms with van der Waals surface area (Å²) in [5.74, 6) is -0.747. The largest absolute Gasteiger partial charge is 0.512 e. The second kappa shape index (κ2) is 8.46. The molecule has 0 heterocycles. The number of carbonyl (C=O) groups excluding carboxylic acids is 1. The Kier molecular flexibility index (Phi) is 7.28. The molecule has 21 heavy (non-hydrogen) atoms. The monoisotopic (exact) mass is 391 g/mol. The Morgan fingerprint density at radius 1 is 1.52 bits per heavy atom. The summed E-state index contributed by atoms with van der Waals surface area (Å²) in [5.41, 5.74) is 0.617. The second-order valence-corrected chi connectivity index (χ2v) is 5.98. The third-order valence-electron chi connectivity index (χ3n) is 2.38. The van der Waals surface area contributed by atoms with E-state index < -0.39 is 5.97 Å². The number of benzene rings is 1. The van der Waals surface area contributed by atoms with E-state index in [0.29, 0.717) is 15.8 Å². The first-order chi connectivity index (χ1) is 9.90. The normalized spacial score (nSPS) is 12.9. The average molecular weight is 393 g/mol. The van der Waals surface area contributed by atoms with Gasteiger partial charge in [-0.15, -0.1) is 11.8 Å². The van der Waals surface area contributed by atoms with Crippen molar-refractivity contribution in [3.8, 4) is 0 Å². The highest BCUT2D eigenvalue weighted by Gasteiger charge is 2.21. The van der Waals surface area contributed by atoms with Gasteiger partial charge in [0.2, 0.25) is 0 Å². The van der Waals surface area contributed by atoms with Gasteiger partial charge >= 0.3 is 5.97 Å². The maximum Gasteiger partial charge on any atom is 0.344 e. The highest BCUT2D eigenvalue weighted by molar-refractivity contribution is 9.10. The Morgan fingerprint density at radius 3 is 2.71 bits per heavy atom. The summed E-state index contributed by atoms with van der Waals surface area (Å²) in [6.07, 6.45) is 1.76. The first kappa shape index (κ1) is 18.1. The average Bonchev–Trinajstić information content (AvgIpc) is 2.41. The molecule has 0 fully saturated rings. The van der Waals surface area contributed by atoms with Crippen LogP contribution in [0.15, 0.2) is 39.0 Å². The van der Waals surface area contributed by atoms with Gasteiger partial charge in [-0.05, 0) is 54.2 Å². The van der Waals surface area contributed by atoms with Crippen molar-refractivity contribution in [3.63, 3.8) is 0 Å². The Balaban J connectivity index is 3.33. The fourth-order valence-electron chi connectivity index (χ4n) is 1.48. The molecule has 1 aromatic rings. The third kappa shape index (κ3) is 5.05. The predicted octanol–water partition coefficient (Wildman–Crippen LogP) is 4.89. The van der Waals surface area contributed by atoms with E-state index in [2.05, 4.69) is 20.9 Å². The van der Waals surface area contributed by atoms with Gasteiger partial charge in [-0.3, -0.25) is 0 Å². The number of nitrogens with zero attached hydrogens (tertiary/aromatic N) is 1. The molecule has 0 bridgehead atoms. The van der Waals surface area contributed by atoms with Crippen LogP contribution in [0.3, 0.4) is 0 Å². The summed E-state index contributed by atoms with van der Waals surface area (Å²) in [4.78, 5) is 16.3. The molecule has 0 aliphatic heterocycles. The standard InChI is InChI=1S/C14H15BrClNO3S/c1-4-20-14(19)12(8(2)18)13(21-3)17-11-7-9(16)5-6-10(11)15/h5-7,18H,4H2,1-3H3. The van der Waals surface area contributed by atoms with E-state index in [1.807, 2.05) is 0 Å². The molecule has 0 saturated carbocycles. The Morgan fingerprint density at radius 2 is 2.19 bits per heavy atom. The van der Waals surface area contributed by atoms with Crippen LogP contribution in [0.25, 0.3) is 0 Å². The molecule has 0 spiro atoms. The highest BCUT2D eigenvalue weighted by atomic mass is 79.9. The third-order valence-corrected chi connectivity index (χ3v) is 3.97. The van der Waals surface area contributed by atoms with Crippen LogP contribution in [0.1, 0.15) is 13.8 Å². The van der Waals surface area contributed by atoms with Crippen molar-refractivity contribution in [1.82, 2.24) is 0 Å². The van der Waals surface area contributed by atoms with Gasteiger partial charge in [0.05, 0.1) is 12.3 Å². The molecule has 0 saturated heterocycles. The molecule has 0 radical (unpaired) electrons. The maximum atomic E-state index is 12.0. The zero-order valence-electron chi connectivity index (χ0n) is 11.8. The van der Waals surface area contributed by atoms with Crippen molar-refractivity contribution >= 4 is 56.0 Å². The number of aliphatic imine (C=N–C) groups is 1. The van der Waals surface area contributed by atoms with Crippen LogP contribution in [0.2, 0.25) is 5.02 Å². The molecular formula is C14H15BrClNO3S. The number of allylic oxidation sites excluding steroid dienone is 1. The van der Waals surface area contributed by atoms with Gasteiger partial charge in [0.15, 0.2) is 0 Å². The van der Waals surface area contributed by atoms with Crippen LogP contribution in [0.4, 0.5) is 5.69 Å². The van der Waals surface area contributed by atoms with Gasteiger partial charge in [0.1, 0.15) is 16.4 Å². The van der Waals surface area contributed by atoms with Crippen molar-refractivity contribution in [1.29, 1.82) is 0 Å². The number of hydrogen-bond donors (Lipinski definition) is 1. The van der Waals surface area contributed by atoms with E-state index in [1.54, 1.807) is 31.4 Å². The summed E-state index contributed by atoms with van der Waals surface area (Å²) < 4.78 is 5.68. The molecule has 4 nitrogen and oxygen atoms in total. The molecule has 1 aromatic carbocycles. The molecule has 1 rings (SSSR count). The molecule has 1 N–H and O–H groups in total. The lowest BCUT2D eigenvalue weighted by molar-refractivity contribution is -0.138. The highest BCUT2D eigenvalue weighted by Crippen LogP contribution is 2.30. The number of rotatable bonds is 4. The molecule has 0 atom stereocenters. The second-order valence-electron chi connectivity index (χ2n) is 3.90. The smallest absolute Gasteiger partial charge is 0.344 e. The topological polar surface area (TPSA) is 58.9 Å². The van der Waals surface area contributed by atoms with E-state index >= 15 is 0 Å². The van der Waals surface area contributed by atoms with Crippen LogP contribution >= 0.6 is 39.3 Å². The van der Waals surface area contributed by atoms with Crippen LogP contribution in [0, 0.1) is 0 Å². The van der Waals surface area contributed by atoms with Gasteiger partial charge in [-0.25, -0.2) is 9.79 Å². The summed E-state index contributed by atoms with van der Waals surface area (Å²) in [6, 6.07) is 5.15. The van der Waals surface area contributed by atoms with E-state index in [9.17, 15) is 9.90 Å². The van der Waals surface area contributed by atoms with E-state index in [4.69, 9.17) is 16.3 Å². The lowest BCUT2D eigenvalue weighted by Crippen LogP contribution is -2.15. The lowest BCUT2D eigenvalue weighted by Gasteiger charge is -2.10. The number of esters is 1. The van der Waals surface area contributed by atoms with E-state index in [-0.39, 0.29) is 17.9 Å². The number of hydrogen-bond acceptors (Lipinski definition) is 5. The molecule has 0 aliphatic rings. The number of aliphatic hydroxyl groups excluding tert-OH is 1. The molecular weight excluding hydrogens is 378 g/mol. The maximum absolute atomic E-state index is 12.0. The minimum atomic E-state index is -0.608. The van der Waals surface area contributed by atoms with Crippen LogP contribution in [0.5, 0.6) is 0 Å². The van der Waals surface area contributed by atoms with E-state index in [1.165, 1.54) is 18.7 Å². The van der Waals surface area contributed by atoms with Crippen molar-refractivity contribution < 1.29 is 14.6 Å². The summed E-state index contributed by atoms with van der Waals surface area (Å²) >= 11 is 10.6. The summed E-state index contributed by atoms with van der Waals surface area (Å²) in [5, 5.41) is 10.6. The van der Waals surface area contributed by atoms with Crippen molar-refractivity contribution in [3.05, 3.63) is 39.0 Å². The summed E-state index contributed by atoms with van der Waals surface area (Å²) in [7, 11) is 0. The fraction of sp³-hybridized carbons (Fsp3) is 0.286. The van der Waals surface area contributed by atoms with Gasteiger partial charge in [-0.1, -0.05) is 11.6 Å². The molecule has 0 unspecified atom stereocenters. The SMILES string of the molecule is CCOC(=O)C(C(=Nc1cc(Cl)ccc1Br)SC)=C(C)O. The zero-order chi connectivity index (χ0) is 16.0. The van der Waals surface area contributed by atoms with Crippen molar-refractivity contribution in [2.24, 2.45) is 4.99 Å². The molecule has 0 amide bonds. The van der Waals surface area contributed by atoms with Crippen molar-refractivity contribution in [2.75, 3.05) is 12.9 Å². The Labute approximate surface area is 141 Å². The number of aliphatic hydroxyl groups is 1. The van der Waals surface area contributed by atoms with Gasteiger partial charge in [0, 0.05) is 9.50 Å². The number of halogens is 2. The first-order valence-electron chi connectivity index (χ1n) is 6.05. The molecule has 0 aromatic heterocycles. The number of ether oxygens (including phenoxy) is 1. The number of thioether (sulfide) groups is 1. The van der Waals surface area contributed by atoms with Crippen LogP contribution < -0.4 is 0 Å². The van der Waals surface area contributed by atoms with Crippen LogP contribution in [-0.2, 0) is 9.53 Å². The predicted molar refractivity (Wildman–Crippen MR) is 91.7 cm³/mol. The quantitative estimate of drug-likeness (QED) is 0.260. The van der Waals surface area contributed by atoms with Crippen molar-refractivity contribution in [2.45, 2.75) is 13.8 Å². The van der Waals surface area contributed by atoms with Gasteiger partial charge in [-0.2, -0.15) is 0 Å². The molecule has 114 valence electrons. The van der Waals surface area contributed by atoms with Crippen LogP contribution in [-0.4, -0.2) is 29.0 Å². The van der Waals surface area contributed by atoms with Gasteiger partial charge < -0.3 is 9.84 Å². The van der Waals surface area contributed by atoms with Gasteiger partial charge in [0.25, 0.3) is 0 Å². The van der Waals surface area contributed by atoms with E-state index in [0.717, 1.165) is 4.47 Å². The fourth-order valence-corrected chi connectivity index (χ4v) is 2.60. The summed E-state index contributed by atoms with van der Waals surface area (Å²) in [6.45, 7) is 3.34. The Hall–Kier alpha value is -0.980. The molecule has 0 aliphatic carbocycles. The minimum Gasteiger partial charge on any atom is -0.512 e. The zero-order valence-corrected chi connectivity index (χ0v) is 15.0.